The van der Waals surface area contributed by atoms with Gasteiger partial charge in [0.2, 0.25) is 11.4 Å². The van der Waals surface area contributed by atoms with E-state index in [0.29, 0.717) is 30.9 Å². The summed E-state index contributed by atoms with van der Waals surface area (Å²) in [5, 5.41) is 5.82. The maximum atomic E-state index is 14.1. The summed E-state index contributed by atoms with van der Waals surface area (Å²) in [6, 6.07) is 18.7. The van der Waals surface area contributed by atoms with Crippen LogP contribution in [-0.4, -0.2) is 53.7 Å². The molecule has 0 saturated carbocycles. The van der Waals surface area contributed by atoms with Gasteiger partial charge in [0.1, 0.15) is 5.71 Å². The predicted octanol–water partition coefficient (Wildman–Crippen LogP) is 3.48. The lowest BCUT2D eigenvalue weighted by molar-refractivity contribution is -0.471. The van der Waals surface area contributed by atoms with Crippen LogP contribution < -0.4 is 0 Å². The number of hydrogen-bond donors (Lipinski definition) is 0. The van der Waals surface area contributed by atoms with Crippen molar-refractivity contribution < 1.29 is 28.8 Å². The number of rotatable bonds is 7. The number of benzene rings is 2. The fourth-order valence-electron chi connectivity index (χ4n) is 4.79. The highest BCUT2D eigenvalue weighted by atomic mass is 17.0. The zero-order chi connectivity index (χ0) is 22.2. The molecule has 32 heavy (non-hydrogen) atoms. The average Bonchev–Trinajstić information content (AvgIpc) is 3.36. The number of carbonyl (C=O) groups is 1. The molecule has 168 valence electrons. The molecule has 0 unspecified atom stereocenters. The van der Waals surface area contributed by atoms with E-state index < -0.39 is 23.7 Å². The third-order valence-electron chi connectivity index (χ3n) is 6.16. The molecule has 3 heterocycles. The first-order valence-corrected chi connectivity index (χ1v) is 10.9. The minimum atomic E-state index is -1.41. The van der Waals surface area contributed by atoms with Crippen LogP contribution in [0.3, 0.4) is 0 Å². The summed E-state index contributed by atoms with van der Waals surface area (Å²) >= 11 is 0. The lowest BCUT2D eigenvalue weighted by Gasteiger charge is -2.48. The Kier molecular flexibility index (Phi) is 5.56. The van der Waals surface area contributed by atoms with Crippen molar-refractivity contribution in [3.05, 3.63) is 71.8 Å². The molecule has 0 aromatic heterocycles. The lowest BCUT2D eigenvalue weighted by Crippen LogP contribution is -2.71. The van der Waals surface area contributed by atoms with E-state index in [-0.39, 0.29) is 12.2 Å². The van der Waals surface area contributed by atoms with E-state index in [1.165, 1.54) is 5.23 Å². The molecule has 8 heteroatoms. The van der Waals surface area contributed by atoms with E-state index in [2.05, 4.69) is 5.16 Å². The summed E-state index contributed by atoms with van der Waals surface area (Å²) in [6.07, 6.45) is -0.899. The normalized spacial score (nSPS) is 31.5. The molecule has 2 aromatic carbocycles. The number of oxime groups is 1. The first-order chi connectivity index (χ1) is 15.6. The van der Waals surface area contributed by atoms with Crippen LogP contribution in [0.5, 0.6) is 0 Å². The van der Waals surface area contributed by atoms with Crippen molar-refractivity contribution in [1.82, 2.24) is 5.23 Å². The Labute approximate surface area is 186 Å². The van der Waals surface area contributed by atoms with Crippen LogP contribution in [0, 0.1) is 0 Å². The zero-order valence-electron chi connectivity index (χ0n) is 18.1. The van der Waals surface area contributed by atoms with E-state index in [1.54, 1.807) is 12.1 Å². The number of ether oxygens (including phenoxy) is 2. The van der Waals surface area contributed by atoms with E-state index in [1.807, 2.05) is 62.4 Å². The van der Waals surface area contributed by atoms with Crippen molar-refractivity contribution in [1.29, 1.82) is 0 Å². The van der Waals surface area contributed by atoms with Crippen molar-refractivity contribution in [2.24, 2.45) is 5.16 Å². The van der Waals surface area contributed by atoms with Crippen molar-refractivity contribution >= 4 is 11.5 Å². The standard InChI is InChI=1S/C24H26N2O6/c1-3-28-19-15-23-21(17-11-7-5-8-12-17)25-32-24(23,22(27)18-13-9-6-10-14-18)16-20(29-4-2)31-26(23)30-19/h5-14,19-20H,3-4,15-16H2,1-2H3/t19-,20+,23+,24-/m1/s1. The van der Waals surface area contributed by atoms with Crippen LogP contribution in [-0.2, 0) is 24.0 Å². The van der Waals surface area contributed by atoms with Gasteiger partial charge in [-0.05, 0) is 19.1 Å². The second-order valence-electron chi connectivity index (χ2n) is 7.93. The minimum absolute atomic E-state index is 0.160. The maximum Gasteiger partial charge on any atom is 0.233 e. The van der Waals surface area contributed by atoms with Crippen LogP contribution in [0.25, 0.3) is 0 Å². The molecule has 2 aromatic rings. The maximum absolute atomic E-state index is 14.1. The molecule has 5 rings (SSSR count). The van der Waals surface area contributed by atoms with Gasteiger partial charge in [-0.1, -0.05) is 65.8 Å². The highest BCUT2D eigenvalue weighted by Crippen LogP contribution is 2.55. The molecule has 0 aliphatic carbocycles. The van der Waals surface area contributed by atoms with Gasteiger partial charge < -0.3 is 14.3 Å². The lowest BCUT2D eigenvalue weighted by atomic mass is 9.67. The molecule has 8 nitrogen and oxygen atoms in total. The fraction of sp³-hybridized carbons (Fsp3) is 0.417. The smallest absolute Gasteiger partial charge is 0.233 e. The van der Waals surface area contributed by atoms with Crippen molar-refractivity contribution in [2.45, 2.75) is 50.4 Å². The Morgan fingerprint density at radius 1 is 0.969 bits per heavy atom. The predicted molar refractivity (Wildman–Crippen MR) is 114 cm³/mol. The number of hydroxylamine groups is 2. The summed E-state index contributed by atoms with van der Waals surface area (Å²) in [7, 11) is 0. The first kappa shape index (κ1) is 21.2. The number of Topliss-reactive ketones (excluding diaryl/α,β-unsaturated/α-hetero) is 1. The van der Waals surface area contributed by atoms with Crippen molar-refractivity contribution in [3.63, 3.8) is 0 Å². The largest absolute Gasteiger partial charge is 0.378 e. The molecule has 1 spiro atoms. The average molecular weight is 438 g/mol. The van der Waals surface area contributed by atoms with Gasteiger partial charge in [-0.3, -0.25) is 4.79 Å². The van der Waals surface area contributed by atoms with E-state index >= 15 is 0 Å². The zero-order valence-corrected chi connectivity index (χ0v) is 18.1. The number of ketones is 1. The Hall–Kier alpha value is -2.62. The Bertz CT molecular complexity index is 1000. The summed E-state index contributed by atoms with van der Waals surface area (Å²) in [4.78, 5) is 32.4. The molecule has 2 fully saturated rings. The second kappa shape index (κ2) is 8.38. The van der Waals surface area contributed by atoms with Gasteiger partial charge in [0.05, 0.1) is 6.42 Å². The third kappa shape index (κ3) is 3.10. The molecule has 0 radical (unpaired) electrons. The summed E-state index contributed by atoms with van der Waals surface area (Å²) in [5.74, 6) is -0.202. The molecule has 0 amide bonds. The number of carbonyl (C=O) groups excluding carboxylic acids is 1. The van der Waals surface area contributed by atoms with Gasteiger partial charge in [0, 0.05) is 30.8 Å². The van der Waals surface area contributed by atoms with Crippen molar-refractivity contribution in [2.75, 3.05) is 13.2 Å². The molecule has 3 aliphatic rings. The fourth-order valence-corrected chi connectivity index (χ4v) is 4.79. The van der Waals surface area contributed by atoms with Gasteiger partial charge in [-0.25, -0.2) is 9.68 Å². The monoisotopic (exact) mass is 438 g/mol. The van der Waals surface area contributed by atoms with E-state index in [9.17, 15) is 4.79 Å². The van der Waals surface area contributed by atoms with E-state index in [4.69, 9.17) is 24.0 Å². The molecule has 0 N–H and O–H groups in total. The van der Waals surface area contributed by atoms with Gasteiger partial charge >= 0.3 is 0 Å². The summed E-state index contributed by atoms with van der Waals surface area (Å²) in [5.41, 5.74) is -0.648. The Morgan fingerprint density at radius 3 is 2.19 bits per heavy atom. The summed E-state index contributed by atoms with van der Waals surface area (Å²) < 4.78 is 11.6. The van der Waals surface area contributed by atoms with Gasteiger partial charge in [0.15, 0.2) is 18.1 Å². The first-order valence-electron chi connectivity index (χ1n) is 10.9. The van der Waals surface area contributed by atoms with Gasteiger partial charge in [0.25, 0.3) is 0 Å². The van der Waals surface area contributed by atoms with Crippen LogP contribution in [0.4, 0.5) is 0 Å². The Balaban J connectivity index is 1.67. The van der Waals surface area contributed by atoms with E-state index in [0.717, 1.165) is 5.56 Å². The topological polar surface area (TPSA) is 78.8 Å². The van der Waals surface area contributed by atoms with Crippen LogP contribution in [0.2, 0.25) is 0 Å². The molecule has 3 aliphatic heterocycles. The minimum Gasteiger partial charge on any atom is -0.378 e. The van der Waals surface area contributed by atoms with Crippen LogP contribution in [0.1, 0.15) is 42.6 Å². The molecule has 4 atom stereocenters. The molecular weight excluding hydrogens is 412 g/mol. The van der Waals surface area contributed by atoms with Gasteiger partial charge in [-0.2, -0.15) is 0 Å². The molecular formula is C24H26N2O6. The highest BCUT2D eigenvalue weighted by molar-refractivity contribution is 6.16. The molecule has 2 saturated heterocycles. The van der Waals surface area contributed by atoms with Crippen LogP contribution >= 0.6 is 0 Å². The number of hydrogen-bond acceptors (Lipinski definition) is 8. The highest BCUT2D eigenvalue weighted by Gasteiger charge is 2.76. The molecule has 0 bridgehead atoms. The SMILES string of the molecule is CCO[C@H]1C[C@]23C(c4ccccc4)=NO[C@@]2(C(=O)c2ccccc2)C[C@@H](OCC)ON3O1. The van der Waals surface area contributed by atoms with Crippen molar-refractivity contribution in [3.8, 4) is 0 Å². The van der Waals surface area contributed by atoms with Crippen LogP contribution in [0.15, 0.2) is 65.8 Å². The number of nitrogens with zero attached hydrogens (tertiary/aromatic N) is 2. The third-order valence-corrected chi connectivity index (χ3v) is 6.16. The summed E-state index contributed by atoms with van der Waals surface area (Å²) in [6.45, 7) is 4.61. The van der Waals surface area contributed by atoms with Gasteiger partial charge in [-0.15, -0.1) is 0 Å². The Morgan fingerprint density at radius 2 is 1.56 bits per heavy atom. The quantitative estimate of drug-likeness (QED) is 0.613. The second-order valence-corrected chi connectivity index (χ2v) is 7.93.